The lowest BCUT2D eigenvalue weighted by Crippen LogP contribution is -2.47. The van der Waals surface area contributed by atoms with Crippen molar-refractivity contribution in [3.05, 3.63) is 30.1 Å². The number of hydrogen-bond acceptors (Lipinski definition) is 5. The lowest BCUT2D eigenvalue weighted by Gasteiger charge is -2.30. The largest absolute Gasteiger partial charge is 0.490 e. The standard InChI is InChI=1S/C19H26N4O2.C2HF3O2/c1-23-11-14(24)10-17(23)19(25)20-13-6-4-5-12(9-13)18-21-15-7-2-3-8-16(15)22-18;3-2(4,5)1(6)7/h2-3,7-8,12-14,17,24H,4-6,9-11H2,1H3,(H,20,25)(H,21,22);(H,6,7)/t12?,13?,14-,17+;/m1./s1. The molecule has 1 aromatic heterocycles. The summed E-state index contributed by atoms with van der Waals surface area (Å²) in [7, 11) is 1.90. The van der Waals surface area contributed by atoms with E-state index in [0.717, 1.165) is 42.5 Å². The van der Waals surface area contributed by atoms with Gasteiger partial charge < -0.3 is 20.5 Å². The number of carbonyl (C=O) groups excluding carboxylic acids is 1. The van der Waals surface area contributed by atoms with Crippen LogP contribution in [0.25, 0.3) is 11.0 Å². The Hall–Kier alpha value is -2.66. The van der Waals surface area contributed by atoms with Crippen LogP contribution >= 0.6 is 0 Å². The summed E-state index contributed by atoms with van der Waals surface area (Å²) in [5.74, 6) is -1.31. The van der Waals surface area contributed by atoms with Crippen molar-refractivity contribution < 1.29 is 33.0 Å². The molecule has 8 nitrogen and oxygen atoms in total. The molecule has 1 amide bonds. The normalized spacial score (nSPS) is 26.4. The number of likely N-dealkylation sites (N-methyl/N-ethyl adjacent to an activating group) is 1. The molecule has 2 heterocycles. The summed E-state index contributed by atoms with van der Waals surface area (Å²) in [4.78, 5) is 31.6. The van der Waals surface area contributed by atoms with Crippen LogP contribution in [-0.2, 0) is 9.59 Å². The van der Waals surface area contributed by atoms with Crippen molar-refractivity contribution in [2.75, 3.05) is 13.6 Å². The first kappa shape index (κ1) is 24.0. The maximum absolute atomic E-state index is 12.6. The number of aliphatic hydroxyl groups is 1. The molecule has 0 bridgehead atoms. The molecule has 0 spiro atoms. The van der Waals surface area contributed by atoms with Crippen LogP contribution < -0.4 is 5.32 Å². The Bertz CT molecular complexity index is 916. The number of para-hydroxylation sites is 2. The number of rotatable bonds is 3. The number of nitrogens with zero attached hydrogens (tertiary/aromatic N) is 2. The van der Waals surface area contributed by atoms with E-state index < -0.39 is 18.2 Å². The van der Waals surface area contributed by atoms with E-state index in [-0.39, 0.29) is 18.0 Å². The molecule has 1 aromatic carbocycles. The van der Waals surface area contributed by atoms with Crippen molar-refractivity contribution in [2.45, 2.75) is 62.4 Å². The first-order chi connectivity index (χ1) is 15.0. The Kier molecular flexibility index (Phi) is 7.40. The van der Waals surface area contributed by atoms with E-state index in [1.807, 2.05) is 30.1 Å². The number of aliphatic carboxylic acids is 1. The van der Waals surface area contributed by atoms with Crippen molar-refractivity contribution in [3.8, 4) is 0 Å². The number of β-amino-alcohol motifs (C(OH)–C–C–N with tert-alkyl or cyclic N) is 1. The van der Waals surface area contributed by atoms with E-state index in [9.17, 15) is 23.1 Å². The molecule has 1 aliphatic heterocycles. The number of hydrogen-bond donors (Lipinski definition) is 4. The predicted octanol–water partition coefficient (Wildman–Crippen LogP) is 2.40. The molecular weight excluding hydrogens is 429 g/mol. The van der Waals surface area contributed by atoms with Gasteiger partial charge >= 0.3 is 12.1 Å². The second-order valence-electron chi connectivity index (χ2n) is 8.36. The third-order valence-electron chi connectivity index (χ3n) is 5.89. The smallest absolute Gasteiger partial charge is 0.475 e. The first-order valence-corrected chi connectivity index (χ1v) is 10.5. The minimum Gasteiger partial charge on any atom is -0.475 e. The number of likely N-dealkylation sites (tertiary alicyclic amines) is 1. The van der Waals surface area contributed by atoms with Gasteiger partial charge in [-0.2, -0.15) is 13.2 Å². The van der Waals surface area contributed by atoms with Crippen LogP contribution in [-0.4, -0.2) is 74.9 Å². The predicted molar refractivity (Wildman–Crippen MR) is 110 cm³/mol. The fourth-order valence-electron chi connectivity index (χ4n) is 4.31. The summed E-state index contributed by atoms with van der Waals surface area (Å²) in [5.41, 5.74) is 2.08. The van der Waals surface area contributed by atoms with E-state index in [1.165, 1.54) is 0 Å². The topological polar surface area (TPSA) is 119 Å². The second kappa shape index (κ2) is 9.86. The number of aromatic nitrogens is 2. The Morgan fingerprint density at radius 3 is 2.50 bits per heavy atom. The van der Waals surface area contributed by atoms with E-state index in [0.29, 0.717) is 18.9 Å². The molecule has 11 heteroatoms. The van der Waals surface area contributed by atoms with Gasteiger partial charge in [0, 0.05) is 18.5 Å². The fourth-order valence-corrected chi connectivity index (χ4v) is 4.31. The Morgan fingerprint density at radius 1 is 1.22 bits per heavy atom. The highest BCUT2D eigenvalue weighted by molar-refractivity contribution is 5.82. The van der Waals surface area contributed by atoms with Crippen molar-refractivity contribution in [2.24, 2.45) is 0 Å². The Labute approximate surface area is 182 Å². The molecule has 1 saturated heterocycles. The van der Waals surface area contributed by atoms with Crippen LogP contribution in [0.2, 0.25) is 0 Å². The van der Waals surface area contributed by atoms with Gasteiger partial charge in [0.15, 0.2) is 0 Å². The lowest BCUT2D eigenvalue weighted by molar-refractivity contribution is -0.192. The zero-order chi connectivity index (χ0) is 23.5. The molecule has 32 heavy (non-hydrogen) atoms. The van der Waals surface area contributed by atoms with E-state index >= 15 is 0 Å². The number of nitrogens with one attached hydrogen (secondary N) is 2. The highest BCUT2D eigenvalue weighted by Crippen LogP contribution is 2.32. The molecule has 4 atom stereocenters. The zero-order valence-electron chi connectivity index (χ0n) is 17.6. The number of H-pyrrole nitrogens is 1. The Balaban J connectivity index is 0.000000360. The number of carboxylic acids is 1. The number of amides is 1. The molecule has 2 aromatic rings. The number of halogens is 3. The molecule has 2 aliphatic rings. The van der Waals surface area contributed by atoms with Gasteiger partial charge in [-0.15, -0.1) is 0 Å². The lowest BCUT2D eigenvalue weighted by atomic mass is 9.85. The summed E-state index contributed by atoms with van der Waals surface area (Å²) >= 11 is 0. The average molecular weight is 456 g/mol. The van der Waals surface area contributed by atoms with Gasteiger partial charge in [0.05, 0.1) is 23.2 Å². The number of carbonyl (C=O) groups is 2. The van der Waals surface area contributed by atoms with Gasteiger partial charge in [-0.1, -0.05) is 18.6 Å². The molecule has 2 fully saturated rings. The molecule has 1 aliphatic carbocycles. The van der Waals surface area contributed by atoms with Crippen LogP contribution in [0.1, 0.15) is 43.8 Å². The maximum atomic E-state index is 12.6. The number of imidazole rings is 1. The second-order valence-corrected chi connectivity index (χ2v) is 8.36. The quantitative estimate of drug-likeness (QED) is 0.563. The molecule has 4 rings (SSSR count). The van der Waals surface area contributed by atoms with Gasteiger partial charge in [0.25, 0.3) is 0 Å². The summed E-state index contributed by atoms with van der Waals surface area (Å²) in [6.45, 7) is 0.574. The minimum atomic E-state index is -5.08. The van der Waals surface area contributed by atoms with Gasteiger partial charge in [0.1, 0.15) is 5.82 Å². The van der Waals surface area contributed by atoms with Crippen molar-refractivity contribution in [1.82, 2.24) is 20.2 Å². The summed E-state index contributed by atoms with van der Waals surface area (Å²) in [6, 6.07) is 8.07. The summed E-state index contributed by atoms with van der Waals surface area (Å²) < 4.78 is 31.7. The third kappa shape index (κ3) is 5.98. The molecule has 4 N–H and O–H groups in total. The highest BCUT2D eigenvalue weighted by Gasteiger charge is 2.38. The molecule has 0 radical (unpaired) electrons. The molecule has 176 valence electrons. The summed E-state index contributed by atoms with van der Waals surface area (Å²) in [5, 5.41) is 20.1. The van der Waals surface area contributed by atoms with Crippen LogP contribution in [0.15, 0.2) is 24.3 Å². The van der Waals surface area contributed by atoms with Crippen molar-refractivity contribution in [1.29, 1.82) is 0 Å². The van der Waals surface area contributed by atoms with Gasteiger partial charge in [0.2, 0.25) is 5.91 Å². The minimum absolute atomic E-state index is 0.0503. The number of fused-ring (bicyclic) bond motifs is 1. The fraction of sp³-hybridized carbons (Fsp3) is 0.571. The van der Waals surface area contributed by atoms with Crippen molar-refractivity contribution in [3.63, 3.8) is 0 Å². The van der Waals surface area contributed by atoms with Crippen LogP contribution in [0, 0.1) is 0 Å². The zero-order valence-corrected chi connectivity index (χ0v) is 17.6. The SMILES string of the molecule is CN1C[C@H](O)C[C@H]1C(=O)NC1CCCC(c2nc3ccccc3[nH]2)C1.O=C(O)C(F)(F)F. The van der Waals surface area contributed by atoms with E-state index in [1.54, 1.807) is 0 Å². The van der Waals surface area contributed by atoms with Crippen LogP contribution in [0.3, 0.4) is 0 Å². The monoisotopic (exact) mass is 456 g/mol. The van der Waals surface area contributed by atoms with Gasteiger partial charge in [-0.3, -0.25) is 9.69 Å². The average Bonchev–Trinajstić information content (AvgIpc) is 3.30. The Morgan fingerprint density at radius 2 is 1.91 bits per heavy atom. The van der Waals surface area contributed by atoms with Gasteiger partial charge in [-0.25, -0.2) is 9.78 Å². The number of alkyl halides is 3. The number of aromatic amines is 1. The molecule has 1 saturated carbocycles. The summed E-state index contributed by atoms with van der Waals surface area (Å²) in [6.07, 6.45) is -0.812. The van der Waals surface area contributed by atoms with Gasteiger partial charge in [-0.05, 0) is 44.9 Å². The molecular formula is C21H27F3N4O4. The van der Waals surface area contributed by atoms with E-state index in [2.05, 4.69) is 16.4 Å². The number of benzene rings is 1. The van der Waals surface area contributed by atoms with E-state index in [4.69, 9.17) is 14.9 Å². The maximum Gasteiger partial charge on any atom is 0.490 e. The van der Waals surface area contributed by atoms with Crippen molar-refractivity contribution >= 4 is 22.9 Å². The first-order valence-electron chi connectivity index (χ1n) is 10.5. The third-order valence-corrected chi connectivity index (χ3v) is 5.89. The van der Waals surface area contributed by atoms with Crippen LogP contribution in [0.4, 0.5) is 13.2 Å². The molecule has 2 unspecified atom stereocenters. The highest BCUT2D eigenvalue weighted by atomic mass is 19.4. The van der Waals surface area contributed by atoms with Crippen LogP contribution in [0.5, 0.6) is 0 Å². The number of aliphatic hydroxyl groups excluding tert-OH is 1. The number of carboxylic acid groups (broad SMARTS) is 1.